The van der Waals surface area contributed by atoms with Crippen molar-refractivity contribution in [2.75, 3.05) is 18.1 Å². The number of aryl methyl sites for hydroxylation is 1. The molecule has 0 fully saturated rings. The second kappa shape index (κ2) is 7.87. The van der Waals surface area contributed by atoms with Crippen molar-refractivity contribution in [3.8, 4) is 0 Å². The molecule has 0 amide bonds. The third-order valence-electron chi connectivity index (χ3n) is 2.92. The molecule has 0 radical (unpaired) electrons. The highest BCUT2D eigenvalue weighted by Gasteiger charge is 2.06. The fourth-order valence-corrected chi connectivity index (χ4v) is 2.49. The summed E-state index contributed by atoms with van der Waals surface area (Å²) in [5.41, 5.74) is 0.451. The number of ether oxygens (including phenoxy) is 1. The van der Waals surface area contributed by atoms with E-state index in [1.54, 1.807) is 30.1 Å². The summed E-state index contributed by atoms with van der Waals surface area (Å²) in [5.74, 6) is 1.61. The van der Waals surface area contributed by atoms with E-state index in [1.807, 2.05) is 6.07 Å². The lowest BCUT2D eigenvalue weighted by atomic mass is 10.4. The van der Waals surface area contributed by atoms with E-state index >= 15 is 0 Å². The number of thioether (sulfide) groups is 1. The second-order valence-corrected chi connectivity index (χ2v) is 5.85. The van der Waals surface area contributed by atoms with Gasteiger partial charge in [-0.1, -0.05) is 13.0 Å². The van der Waals surface area contributed by atoms with Crippen molar-refractivity contribution in [3.63, 3.8) is 0 Å². The minimum atomic E-state index is -0.182. The molecule has 21 heavy (non-hydrogen) atoms. The summed E-state index contributed by atoms with van der Waals surface area (Å²) in [6, 6.07) is 5.40. The summed E-state index contributed by atoms with van der Waals surface area (Å²) in [7, 11) is 0. The molecule has 7 heteroatoms. The minimum absolute atomic E-state index is 0.170. The van der Waals surface area contributed by atoms with Crippen molar-refractivity contribution in [1.82, 2.24) is 14.2 Å². The number of carbonyl (C=O) groups excluding carboxylic acids is 1. The van der Waals surface area contributed by atoms with Gasteiger partial charge in [0.05, 0.1) is 13.0 Å². The number of fused-ring (bicyclic) bond motifs is 1. The molecule has 0 bridgehead atoms. The lowest BCUT2D eigenvalue weighted by Gasteiger charge is -2.04. The highest BCUT2D eigenvalue weighted by molar-refractivity contribution is 7.99. The van der Waals surface area contributed by atoms with Crippen LogP contribution in [0.3, 0.4) is 0 Å². The van der Waals surface area contributed by atoms with E-state index in [4.69, 9.17) is 4.74 Å². The SMILES string of the molecule is CCSCCC(=O)OCCCn1nc2ccccn2c1=O. The Kier molecular flexibility index (Phi) is 5.86. The van der Waals surface area contributed by atoms with E-state index in [0.29, 0.717) is 31.6 Å². The van der Waals surface area contributed by atoms with Gasteiger partial charge in [0, 0.05) is 24.9 Å². The molecule has 0 N–H and O–H groups in total. The standard InChI is InChI=1S/C14H19N3O3S/c1-2-21-11-7-13(18)20-10-5-9-17-14(19)16-8-4-3-6-12(16)15-17/h3-4,6,8H,2,5,7,9-11H2,1H3. The van der Waals surface area contributed by atoms with Crippen LogP contribution < -0.4 is 5.69 Å². The van der Waals surface area contributed by atoms with Crippen LogP contribution in [-0.2, 0) is 16.1 Å². The Bertz CT molecular complexity index is 650. The summed E-state index contributed by atoms with van der Waals surface area (Å²) < 4.78 is 8.01. The fraction of sp³-hybridized carbons (Fsp3) is 0.500. The molecule has 0 atom stereocenters. The average Bonchev–Trinajstić information content (AvgIpc) is 2.81. The van der Waals surface area contributed by atoms with Gasteiger partial charge in [-0.2, -0.15) is 11.8 Å². The van der Waals surface area contributed by atoms with E-state index in [9.17, 15) is 9.59 Å². The molecule has 2 aromatic rings. The molecule has 2 heterocycles. The summed E-state index contributed by atoms with van der Waals surface area (Å²) in [4.78, 5) is 23.4. The van der Waals surface area contributed by atoms with Crippen LogP contribution in [0.15, 0.2) is 29.2 Å². The van der Waals surface area contributed by atoms with Gasteiger partial charge in [0.15, 0.2) is 5.65 Å². The van der Waals surface area contributed by atoms with Crippen LogP contribution in [0, 0.1) is 0 Å². The third-order valence-corrected chi connectivity index (χ3v) is 3.82. The summed E-state index contributed by atoms with van der Waals surface area (Å²) in [6.07, 6.45) is 2.70. The molecule has 0 unspecified atom stereocenters. The van der Waals surface area contributed by atoms with Crippen LogP contribution in [-0.4, -0.2) is 38.3 Å². The molecule has 0 aromatic carbocycles. The Morgan fingerprint density at radius 3 is 3.05 bits per heavy atom. The van der Waals surface area contributed by atoms with Crippen LogP contribution >= 0.6 is 11.8 Å². The number of aromatic nitrogens is 3. The Morgan fingerprint density at radius 2 is 2.29 bits per heavy atom. The second-order valence-electron chi connectivity index (χ2n) is 4.46. The largest absolute Gasteiger partial charge is 0.466 e. The first-order valence-corrected chi connectivity index (χ1v) is 8.15. The maximum Gasteiger partial charge on any atom is 0.350 e. The van der Waals surface area contributed by atoms with E-state index in [2.05, 4.69) is 12.0 Å². The van der Waals surface area contributed by atoms with Gasteiger partial charge < -0.3 is 4.74 Å². The number of carbonyl (C=O) groups is 1. The maximum absolute atomic E-state index is 12.0. The topological polar surface area (TPSA) is 65.6 Å². The molecule has 2 rings (SSSR count). The lowest BCUT2D eigenvalue weighted by Crippen LogP contribution is -2.22. The minimum Gasteiger partial charge on any atom is -0.466 e. The third kappa shape index (κ3) is 4.35. The van der Waals surface area contributed by atoms with E-state index < -0.39 is 0 Å². The van der Waals surface area contributed by atoms with Crippen molar-refractivity contribution in [3.05, 3.63) is 34.9 Å². The van der Waals surface area contributed by atoms with Crippen molar-refractivity contribution >= 4 is 23.4 Å². The van der Waals surface area contributed by atoms with Gasteiger partial charge in [-0.3, -0.25) is 9.20 Å². The van der Waals surface area contributed by atoms with E-state index in [-0.39, 0.29) is 11.7 Å². The molecule has 0 spiro atoms. The van der Waals surface area contributed by atoms with Gasteiger partial charge >= 0.3 is 11.7 Å². The van der Waals surface area contributed by atoms with Crippen molar-refractivity contribution in [2.24, 2.45) is 0 Å². The van der Waals surface area contributed by atoms with Gasteiger partial charge in [-0.25, -0.2) is 9.48 Å². The number of rotatable bonds is 8. The summed E-state index contributed by atoms with van der Waals surface area (Å²) >= 11 is 1.72. The molecular weight excluding hydrogens is 290 g/mol. The van der Waals surface area contributed by atoms with E-state index in [1.165, 1.54) is 9.08 Å². The molecule has 0 saturated heterocycles. The van der Waals surface area contributed by atoms with Crippen molar-refractivity contribution in [1.29, 1.82) is 0 Å². The Balaban J connectivity index is 1.76. The highest BCUT2D eigenvalue weighted by atomic mass is 32.2. The first-order valence-electron chi connectivity index (χ1n) is 7.00. The monoisotopic (exact) mass is 309 g/mol. The molecular formula is C14H19N3O3S. The molecule has 0 aliphatic heterocycles. The fourth-order valence-electron chi connectivity index (χ4n) is 1.89. The Morgan fingerprint density at radius 1 is 1.43 bits per heavy atom. The number of esters is 1. The number of hydrogen-bond acceptors (Lipinski definition) is 5. The van der Waals surface area contributed by atoms with Gasteiger partial charge in [0.1, 0.15) is 0 Å². The zero-order valence-electron chi connectivity index (χ0n) is 12.0. The molecule has 6 nitrogen and oxygen atoms in total. The van der Waals surface area contributed by atoms with Crippen LogP contribution in [0.5, 0.6) is 0 Å². The van der Waals surface area contributed by atoms with Crippen LogP contribution in [0.4, 0.5) is 0 Å². The summed E-state index contributed by atoms with van der Waals surface area (Å²) in [5, 5.41) is 4.21. The molecule has 114 valence electrons. The first-order chi connectivity index (χ1) is 10.2. The smallest absolute Gasteiger partial charge is 0.350 e. The lowest BCUT2D eigenvalue weighted by molar-refractivity contribution is -0.143. The van der Waals surface area contributed by atoms with Crippen LogP contribution in [0.25, 0.3) is 5.65 Å². The maximum atomic E-state index is 12.0. The predicted molar refractivity (Wildman–Crippen MR) is 82.6 cm³/mol. The van der Waals surface area contributed by atoms with Gasteiger partial charge in [-0.05, 0) is 17.9 Å². The van der Waals surface area contributed by atoms with Gasteiger partial charge in [0.25, 0.3) is 0 Å². The Hall–Kier alpha value is -1.76. The predicted octanol–water partition coefficient (Wildman–Crippen LogP) is 1.57. The molecule has 0 aliphatic rings. The normalized spacial score (nSPS) is 10.9. The first kappa shape index (κ1) is 15.6. The highest BCUT2D eigenvalue weighted by Crippen LogP contribution is 2.02. The van der Waals surface area contributed by atoms with Crippen LogP contribution in [0.1, 0.15) is 19.8 Å². The Labute approximate surface area is 127 Å². The van der Waals surface area contributed by atoms with Crippen LogP contribution in [0.2, 0.25) is 0 Å². The van der Waals surface area contributed by atoms with Crippen molar-refractivity contribution < 1.29 is 9.53 Å². The van der Waals surface area contributed by atoms with Gasteiger partial charge in [-0.15, -0.1) is 5.10 Å². The molecule has 2 aromatic heterocycles. The molecule has 0 aliphatic carbocycles. The number of hydrogen-bond donors (Lipinski definition) is 0. The van der Waals surface area contributed by atoms with Gasteiger partial charge in [0.2, 0.25) is 0 Å². The van der Waals surface area contributed by atoms with E-state index in [0.717, 1.165) is 11.5 Å². The average molecular weight is 309 g/mol. The summed E-state index contributed by atoms with van der Waals surface area (Å²) in [6.45, 7) is 2.82. The molecule has 0 saturated carbocycles. The zero-order valence-corrected chi connectivity index (χ0v) is 12.8. The number of pyridine rings is 1. The zero-order chi connectivity index (χ0) is 15.1. The quantitative estimate of drug-likeness (QED) is 0.547. The number of nitrogens with zero attached hydrogens (tertiary/aromatic N) is 3. The van der Waals surface area contributed by atoms with Crippen molar-refractivity contribution in [2.45, 2.75) is 26.3 Å².